The number of nitrogens with zero attached hydrogens (tertiary/aromatic N) is 1. The van der Waals surface area contributed by atoms with Gasteiger partial charge in [0.15, 0.2) is 5.76 Å². The third-order valence-electron chi connectivity index (χ3n) is 3.87. The molecule has 0 fully saturated rings. The molecule has 2 rings (SSSR count). The predicted octanol–water partition coefficient (Wildman–Crippen LogP) is 3.33. The molecule has 0 saturated heterocycles. The van der Waals surface area contributed by atoms with E-state index in [2.05, 4.69) is 20.9 Å². The number of carbonyl (C=O) groups is 2. The van der Waals surface area contributed by atoms with Gasteiger partial charge in [-0.05, 0) is 24.1 Å². The van der Waals surface area contributed by atoms with E-state index in [1.165, 1.54) is 12.3 Å². The van der Waals surface area contributed by atoms with Crippen LogP contribution in [0.4, 0.5) is 19.0 Å². The summed E-state index contributed by atoms with van der Waals surface area (Å²) in [5.74, 6) is -0.947. The highest BCUT2D eigenvalue weighted by atomic mass is 35.5. The van der Waals surface area contributed by atoms with Gasteiger partial charge in [0.1, 0.15) is 11.9 Å². The first-order valence-corrected chi connectivity index (χ1v) is 9.06. The second-order valence-electron chi connectivity index (χ2n) is 6.44. The molecule has 158 valence electrons. The fourth-order valence-corrected chi connectivity index (χ4v) is 2.59. The second-order valence-corrected chi connectivity index (χ2v) is 6.85. The number of rotatable bonds is 8. The van der Waals surface area contributed by atoms with Crippen LogP contribution in [-0.4, -0.2) is 35.9 Å². The maximum Gasteiger partial charge on any atom is 0.417 e. The Morgan fingerprint density at radius 2 is 2.00 bits per heavy atom. The van der Waals surface area contributed by atoms with E-state index in [0.29, 0.717) is 6.20 Å². The molecule has 0 bridgehead atoms. The van der Waals surface area contributed by atoms with Crippen molar-refractivity contribution in [1.29, 1.82) is 0 Å². The molecule has 29 heavy (non-hydrogen) atoms. The van der Waals surface area contributed by atoms with Gasteiger partial charge in [0, 0.05) is 19.3 Å². The molecular weight excluding hydrogens is 413 g/mol. The van der Waals surface area contributed by atoms with Gasteiger partial charge in [0.25, 0.3) is 5.91 Å². The molecule has 0 aliphatic rings. The Morgan fingerprint density at radius 3 is 2.55 bits per heavy atom. The number of aromatic nitrogens is 1. The van der Waals surface area contributed by atoms with Crippen LogP contribution in [0.2, 0.25) is 5.02 Å². The van der Waals surface area contributed by atoms with Gasteiger partial charge in [0.2, 0.25) is 5.91 Å². The lowest BCUT2D eigenvalue weighted by Crippen LogP contribution is -2.50. The molecule has 0 radical (unpaired) electrons. The van der Waals surface area contributed by atoms with Crippen LogP contribution in [0, 0.1) is 5.92 Å². The number of hydrogen-bond acceptors (Lipinski definition) is 5. The molecule has 0 saturated carbocycles. The minimum Gasteiger partial charge on any atom is -0.459 e. The predicted molar refractivity (Wildman–Crippen MR) is 101 cm³/mol. The largest absolute Gasteiger partial charge is 0.459 e. The summed E-state index contributed by atoms with van der Waals surface area (Å²) in [7, 11) is 0. The highest BCUT2D eigenvalue weighted by Gasteiger charge is 2.31. The SMILES string of the molecule is CC(C)C(NC(=O)c1ccco1)C(=O)NCCNc1ncc(C(F)(F)F)cc1Cl. The minimum atomic E-state index is -4.53. The third kappa shape index (κ3) is 6.38. The zero-order valence-electron chi connectivity index (χ0n) is 15.6. The summed E-state index contributed by atoms with van der Waals surface area (Å²) in [6, 6.07) is 3.02. The van der Waals surface area contributed by atoms with E-state index < -0.39 is 29.6 Å². The van der Waals surface area contributed by atoms with Crippen LogP contribution in [0.25, 0.3) is 0 Å². The van der Waals surface area contributed by atoms with Crippen molar-refractivity contribution >= 4 is 29.2 Å². The van der Waals surface area contributed by atoms with Crippen molar-refractivity contribution in [3.8, 4) is 0 Å². The summed E-state index contributed by atoms with van der Waals surface area (Å²) >= 11 is 5.81. The molecule has 2 heterocycles. The van der Waals surface area contributed by atoms with Crippen LogP contribution in [0.15, 0.2) is 35.1 Å². The number of carbonyl (C=O) groups excluding carboxylic acids is 2. The lowest BCUT2D eigenvalue weighted by atomic mass is 10.0. The van der Waals surface area contributed by atoms with Gasteiger partial charge in [0.05, 0.1) is 16.8 Å². The fourth-order valence-electron chi connectivity index (χ4n) is 2.35. The maximum atomic E-state index is 12.6. The summed E-state index contributed by atoms with van der Waals surface area (Å²) in [5.41, 5.74) is -0.951. The van der Waals surface area contributed by atoms with E-state index in [4.69, 9.17) is 16.0 Å². The Bertz CT molecular complexity index is 841. The van der Waals surface area contributed by atoms with E-state index in [9.17, 15) is 22.8 Å². The van der Waals surface area contributed by atoms with Crippen LogP contribution < -0.4 is 16.0 Å². The maximum absolute atomic E-state index is 12.6. The Kier molecular flexibility index (Phi) is 7.49. The number of anilines is 1. The Labute approximate surface area is 170 Å². The smallest absolute Gasteiger partial charge is 0.417 e. The number of nitrogens with one attached hydrogen (secondary N) is 3. The average molecular weight is 433 g/mol. The van der Waals surface area contributed by atoms with Gasteiger partial charge >= 0.3 is 6.18 Å². The first-order chi connectivity index (χ1) is 13.6. The van der Waals surface area contributed by atoms with E-state index in [1.54, 1.807) is 19.9 Å². The minimum absolute atomic E-state index is 0.0699. The number of alkyl halides is 3. The van der Waals surface area contributed by atoms with E-state index in [-0.39, 0.29) is 35.6 Å². The monoisotopic (exact) mass is 432 g/mol. The molecular formula is C18H20ClF3N4O3. The molecule has 11 heteroatoms. The van der Waals surface area contributed by atoms with E-state index in [0.717, 1.165) is 6.07 Å². The average Bonchev–Trinajstić information content (AvgIpc) is 3.17. The Morgan fingerprint density at radius 1 is 1.28 bits per heavy atom. The van der Waals surface area contributed by atoms with Gasteiger partial charge in [-0.15, -0.1) is 0 Å². The Hall–Kier alpha value is -2.75. The number of furan rings is 1. The molecule has 1 atom stereocenters. The van der Waals surface area contributed by atoms with Gasteiger partial charge in [-0.25, -0.2) is 4.98 Å². The zero-order chi connectivity index (χ0) is 21.6. The molecule has 0 aliphatic heterocycles. The topological polar surface area (TPSA) is 96.3 Å². The van der Waals surface area contributed by atoms with Crippen LogP contribution in [0.3, 0.4) is 0 Å². The number of hydrogen-bond donors (Lipinski definition) is 3. The molecule has 3 N–H and O–H groups in total. The van der Waals surface area contributed by atoms with Crippen molar-refractivity contribution < 1.29 is 27.2 Å². The zero-order valence-corrected chi connectivity index (χ0v) is 16.4. The van der Waals surface area contributed by atoms with Crippen LogP contribution >= 0.6 is 11.6 Å². The standard InChI is InChI=1S/C18H20ClF3N4O3/c1-10(2)14(26-16(27)13-4-3-7-29-13)17(28)24-6-5-23-15-12(19)8-11(9-25-15)18(20,21)22/h3-4,7-10,14H,5-6H2,1-2H3,(H,23,25)(H,24,28)(H,26,27). The van der Waals surface area contributed by atoms with Crippen molar-refractivity contribution in [2.45, 2.75) is 26.1 Å². The lowest BCUT2D eigenvalue weighted by Gasteiger charge is -2.21. The van der Waals surface area contributed by atoms with Crippen molar-refractivity contribution in [3.05, 3.63) is 47.0 Å². The summed E-state index contributed by atoms with van der Waals surface area (Å²) in [6.45, 7) is 3.85. The van der Waals surface area contributed by atoms with E-state index >= 15 is 0 Å². The van der Waals surface area contributed by atoms with Gasteiger partial charge in [-0.2, -0.15) is 13.2 Å². The first-order valence-electron chi connectivity index (χ1n) is 8.68. The highest BCUT2D eigenvalue weighted by Crippen LogP contribution is 2.32. The summed E-state index contributed by atoms with van der Waals surface area (Å²) in [6.07, 6.45) is -2.51. The molecule has 2 aromatic heterocycles. The molecule has 1 unspecified atom stereocenters. The van der Waals surface area contributed by atoms with Crippen molar-refractivity contribution in [2.75, 3.05) is 18.4 Å². The second kappa shape index (κ2) is 9.64. The molecule has 0 aliphatic carbocycles. The van der Waals surface area contributed by atoms with Crippen LogP contribution in [0.1, 0.15) is 30.0 Å². The van der Waals surface area contributed by atoms with Crippen molar-refractivity contribution in [2.24, 2.45) is 5.92 Å². The van der Waals surface area contributed by atoms with Gasteiger partial charge in [-0.1, -0.05) is 25.4 Å². The molecule has 7 nitrogen and oxygen atoms in total. The quantitative estimate of drug-likeness (QED) is 0.556. The van der Waals surface area contributed by atoms with Crippen LogP contribution in [-0.2, 0) is 11.0 Å². The lowest BCUT2D eigenvalue weighted by molar-refractivity contribution is -0.137. The van der Waals surface area contributed by atoms with E-state index in [1.807, 2.05) is 0 Å². The third-order valence-corrected chi connectivity index (χ3v) is 4.15. The van der Waals surface area contributed by atoms with Crippen molar-refractivity contribution in [3.63, 3.8) is 0 Å². The summed E-state index contributed by atoms with van der Waals surface area (Å²) < 4.78 is 42.8. The molecule has 0 aromatic carbocycles. The first kappa shape index (κ1) is 22.5. The van der Waals surface area contributed by atoms with Crippen molar-refractivity contribution in [1.82, 2.24) is 15.6 Å². The summed E-state index contributed by atoms with van der Waals surface area (Å²) in [5, 5.41) is 7.81. The number of halogens is 4. The Balaban J connectivity index is 1.85. The summed E-state index contributed by atoms with van der Waals surface area (Å²) in [4.78, 5) is 28.1. The fraction of sp³-hybridized carbons (Fsp3) is 0.389. The van der Waals surface area contributed by atoms with Crippen LogP contribution in [0.5, 0.6) is 0 Å². The molecule has 2 amide bonds. The number of pyridine rings is 1. The molecule has 2 aromatic rings. The number of amides is 2. The normalized spacial score (nSPS) is 12.5. The highest BCUT2D eigenvalue weighted by molar-refractivity contribution is 6.32. The van der Waals surface area contributed by atoms with Gasteiger partial charge < -0.3 is 20.4 Å². The molecule has 0 spiro atoms. The van der Waals surface area contributed by atoms with Gasteiger partial charge in [-0.3, -0.25) is 9.59 Å².